The van der Waals surface area contributed by atoms with E-state index in [1.54, 1.807) is 0 Å². The summed E-state index contributed by atoms with van der Waals surface area (Å²) in [5.74, 6) is 0. The summed E-state index contributed by atoms with van der Waals surface area (Å²) >= 11 is 0. The highest BCUT2D eigenvalue weighted by atomic mass is 16.5. The zero-order chi connectivity index (χ0) is 10.4. The molecule has 14 heavy (non-hydrogen) atoms. The molecule has 1 atom stereocenters. The van der Waals surface area contributed by atoms with E-state index in [1.807, 2.05) is 7.05 Å². The standard InChI is InChI=1S/C12H25NO/c1-4-6-11(2)14-12(7-5-8-12)9-10-13-3/h11,13H,4-10H2,1-3H3. The van der Waals surface area contributed by atoms with Crippen LogP contribution in [0.3, 0.4) is 0 Å². The molecule has 0 aliphatic heterocycles. The van der Waals surface area contributed by atoms with Crippen molar-refractivity contribution in [2.45, 2.75) is 64.1 Å². The minimum atomic E-state index is 0.234. The molecule has 1 rings (SSSR count). The van der Waals surface area contributed by atoms with E-state index in [4.69, 9.17) is 4.74 Å². The molecule has 0 spiro atoms. The Hall–Kier alpha value is -0.0800. The summed E-state index contributed by atoms with van der Waals surface area (Å²) in [6, 6.07) is 0. The van der Waals surface area contributed by atoms with Gasteiger partial charge in [0.05, 0.1) is 11.7 Å². The maximum absolute atomic E-state index is 6.18. The van der Waals surface area contributed by atoms with Crippen LogP contribution in [0.1, 0.15) is 52.4 Å². The highest BCUT2D eigenvalue weighted by molar-refractivity contribution is 4.90. The first-order valence-electron chi connectivity index (χ1n) is 6.05. The lowest BCUT2D eigenvalue weighted by Gasteiger charge is -2.43. The summed E-state index contributed by atoms with van der Waals surface area (Å²) in [7, 11) is 2.02. The maximum Gasteiger partial charge on any atom is 0.0698 e. The molecule has 0 aromatic rings. The molecule has 1 unspecified atom stereocenters. The normalized spacial score (nSPS) is 21.6. The fourth-order valence-corrected chi connectivity index (χ4v) is 2.24. The van der Waals surface area contributed by atoms with Crippen molar-refractivity contribution >= 4 is 0 Å². The van der Waals surface area contributed by atoms with Gasteiger partial charge in [-0.2, -0.15) is 0 Å². The van der Waals surface area contributed by atoms with Crippen LogP contribution in [0.15, 0.2) is 0 Å². The minimum absolute atomic E-state index is 0.234. The average molecular weight is 199 g/mol. The summed E-state index contributed by atoms with van der Waals surface area (Å²) < 4.78 is 6.18. The second kappa shape index (κ2) is 5.72. The van der Waals surface area contributed by atoms with Crippen LogP contribution in [0, 0.1) is 0 Å². The third-order valence-corrected chi connectivity index (χ3v) is 3.24. The fraction of sp³-hybridized carbons (Fsp3) is 1.00. The van der Waals surface area contributed by atoms with E-state index in [-0.39, 0.29) is 5.60 Å². The smallest absolute Gasteiger partial charge is 0.0698 e. The number of nitrogens with one attached hydrogen (secondary N) is 1. The van der Waals surface area contributed by atoms with Crippen molar-refractivity contribution in [2.24, 2.45) is 0 Å². The molecule has 1 N–H and O–H groups in total. The quantitative estimate of drug-likeness (QED) is 0.680. The molecule has 0 amide bonds. The molecule has 0 radical (unpaired) electrons. The number of ether oxygens (including phenoxy) is 1. The van der Waals surface area contributed by atoms with Gasteiger partial charge < -0.3 is 10.1 Å². The maximum atomic E-state index is 6.18. The van der Waals surface area contributed by atoms with Crippen LogP contribution < -0.4 is 5.32 Å². The second-order valence-electron chi connectivity index (χ2n) is 4.61. The van der Waals surface area contributed by atoms with Gasteiger partial charge in [0.25, 0.3) is 0 Å². The van der Waals surface area contributed by atoms with Gasteiger partial charge in [-0.15, -0.1) is 0 Å². The molecular formula is C12H25NO. The molecule has 0 aromatic carbocycles. The first-order chi connectivity index (χ1) is 6.72. The van der Waals surface area contributed by atoms with Gasteiger partial charge >= 0.3 is 0 Å². The first-order valence-corrected chi connectivity index (χ1v) is 6.05. The Bertz CT molecular complexity index is 154. The molecule has 1 fully saturated rings. The largest absolute Gasteiger partial charge is 0.372 e. The van der Waals surface area contributed by atoms with Gasteiger partial charge in [0.15, 0.2) is 0 Å². The zero-order valence-corrected chi connectivity index (χ0v) is 9.94. The van der Waals surface area contributed by atoms with E-state index in [0.29, 0.717) is 6.10 Å². The SMILES string of the molecule is CCCC(C)OC1(CCNC)CCC1. The highest BCUT2D eigenvalue weighted by Gasteiger charge is 2.38. The Morgan fingerprint density at radius 3 is 2.57 bits per heavy atom. The number of rotatable bonds is 7. The molecule has 1 aliphatic rings. The Kier molecular flexibility index (Phi) is 4.90. The lowest BCUT2D eigenvalue weighted by atomic mass is 9.77. The molecule has 2 nitrogen and oxygen atoms in total. The van der Waals surface area contributed by atoms with Gasteiger partial charge in [0.1, 0.15) is 0 Å². The van der Waals surface area contributed by atoms with Crippen molar-refractivity contribution in [1.29, 1.82) is 0 Å². The minimum Gasteiger partial charge on any atom is -0.372 e. The van der Waals surface area contributed by atoms with Crippen LogP contribution in [0.25, 0.3) is 0 Å². The molecule has 0 saturated heterocycles. The van der Waals surface area contributed by atoms with Gasteiger partial charge in [-0.05, 0) is 52.6 Å². The van der Waals surface area contributed by atoms with Gasteiger partial charge in [-0.1, -0.05) is 13.3 Å². The van der Waals surface area contributed by atoms with Crippen LogP contribution in [0.5, 0.6) is 0 Å². The topological polar surface area (TPSA) is 21.3 Å². The van der Waals surface area contributed by atoms with Crippen molar-refractivity contribution in [2.75, 3.05) is 13.6 Å². The van der Waals surface area contributed by atoms with E-state index in [0.717, 1.165) is 6.54 Å². The van der Waals surface area contributed by atoms with E-state index < -0.39 is 0 Å². The van der Waals surface area contributed by atoms with E-state index in [9.17, 15) is 0 Å². The third-order valence-electron chi connectivity index (χ3n) is 3.24. The Balaban J connectivity index is 2.29. The van der Waals surface area contributed by atoms with E-state index in [1.165, 1.54) is 38.5 Å². The summed E-state index contributed by atoms with van der Waals surface area (Å²) in [6.45, 7) is 5.52. The number of hydrogen-bond acceptors (Lipinski definition) is 2. The average Bonchev–Trinajstić information content (AvgIpc) is 2.10. The molecule has 1 aliphatic carbocycles. The second-order valence-corrected chi connectivity index (χ2v) is 4.61. The molecule has 1 saturated carbocycles. The monoisotopic (exact) mass is 199 g/mol. The number of hydrogen-bond donors (Lipinski definition) is 1. The van der Waals surface area contributed by atoms with Crippen molar-refractivity contribution in [3.05, 3.63) is 0 Å². The highest BCUT2D eigenvalue weighted by Crippen LogP contribution is 2.39. The van der Waals surface area contributed by atoms with Crippen LogP contribution in [0.2, 0.25) is 0 Å². The van der Waals surface area contributed by atoms with Crippen LogP contribution in [-0.2, 0) is 4.74 Å². The van der Waals surface area contributed by atoms with Crippen LogP contribution in [0.4, 0.5) is 0 Å². The van der Waals surface area contributed by atoms with Crippen LogP contribution in [-0.4, -0.2) is 25.3 Å². The van der Waals surface area contributed by atoms with E-state index >= 15 is 0 Å². The summed E-state index contributed by atoms with van der Waals surface area (Å²) in [5.41, 5.74) is 0.234. The van der Waals surface area contributed by atoms with Gasteiger partial charge in [-0.25, -0.2) is 0 Å². The predicted octanol–water partition coefficient (Wildman–Crippen LogP) is 2.72. The molecule has 0 heterocycles. The zero-order valence-electron chi connectivity index (χ0n) is 9.94. The Morgan fingerprint density at radius 2 is 2.14 bits per heavy atom. The molecule has 2 heteroatoms. The molecule has 0 aromatic heterocycles. The Labute approximate surface area is 88.4 Å². The van der Waals surface area contributed by atoms with Gasteiger partial charge in [0.2, 0.25) is 0 Å². The lowest BCUT2D eigenvalue weighted by Crippen LogP contribution is -2.44. The molecule has 84 valence electrons. The van der Waals surface area contributed by atoms with Gasteiger partial charge in [-0.3, -0.25) is 0 Å². The van der Waals surface area contributed by atoms with Crippen molar-refractivity contribution < 1.29 is 4.74 Å². The van der Waals surface area contributed by atoms with E-state index in [2.05, 4.69) is 19.2 Å². The van der Waals surface area contributed by atoms with Gasteiger partial charge in [0, 0.05) is 0 Å². The van der Waals surface area contributed by atoms with Crippen molar-refractivity contribution in [3.8, 4) is 0 Å². The van der Waals surface area contributed by atoms with Crippen molar-refractivity contribution in [3.63, 3.8) is 0 Å². The van der Waals surface area contributed by atoms with Crippen molar-refractivity contribution in [1.82, 2.24) is 5.32 Å². The summed E-state index contributed by atoms with van der Waals surface area (Å²) in [4.78, 5) is 0. The fourth-order valence-electron chi connectivity index (χ4n) is 2.24. The third kappa shape index (κ3) is 3.25. The lowest BCUT2D eigenvalue weighted by molar-refractivity contribution is -0.139. The first kappa shape index (κ1) is 12.0. The molecular weight excluding hydrogens is 174 g/mol. The summed E-state index contributed by atoms with van der Waals surface area (Å²) in [5, 5.41) is 3.22. The Morgan fingerprint density at radius 1 is 1.43 bits per heavy atom. The van der Waals surface area contributed by atoms with Crippen LogP contribution >= 0.6 is 0 Å². The molecule has 0 bridgehead atoms. The summed E-state index contributed by atoms with van der Waals surface area (Å²) in [6.07, 6.45) is 7.92. The predicted molar refractivity (Wildman–Crippen MR) is 60.6 cm³/mol.